The summed E-state index contributed by atoms with van der Waals surface area (Å²) in [6.45, 7) is 5.89. The molecule has 0 bridgehead atoms. The Morgan fingerprint density at radius 3 is 2.71 bits per heavy atom. The molecule has 1 saturated heterocycles. The van der Waals surface area contributed by atoms with E-state index in [0.717, 1.165) is 51.4 Å². The molecule has 0 spiro atoms. The van der Waals surface area contributed by atoms with Crippen LogP contribution in [-0.2, 0) is 11.3 Å². The van der Waals surface area contributed by atoms with E-state index in [4.69, 9.17) is 15.2 Å². The lowest BCUT2D eigenvalue weighted by atomic mass is 10.3. The highest BCUT2D eigenvalue weighted by molar-refractivity contribution is 5.77. The number of aliphatic imine (C=N–C) groups is 1. The average Bonchev–Trinajstić information content (AvgIpc) is 2.73. The number of nitrogens with one attached hydrogen (secondary N) is 1. The highest BCUT2D eigenvalue weighted by Crippen LogP contribution is 2.19. The van der Waals surface area contributed by atoms with Gasteiger partial charge in [0, 0.05) is 31.9 Å². The van der Waals surface area contributed by atoms with Crippen molar-refractivity contribution < 1.29 is 13.9 Å². The van der Waals surface area contributed by atoms with Gasteiger partial charge in [0.15, 0.2) is 5.96 Å². The van der Waals surface area contributed by atoms with Gasteiger partial charge in [-0.25, -0.2) is 14.4 Å². The van der Waals surface area contributed by atoms with Crippen molar-refractivity contribution in [1.82, 2.24) is 15.2 Å². The number of morpholine rings is 1. The Kier molecular flexibility index (Phi) is 7.57. The number of hydrogen-bond donors (Lipinski definition) is 2. The Bertz CT molecular complexity index is 746. The molecule has 0 aliphatic carbocycles. The molecule has 0 unspecified atom stereocenters. The highest BCUT2D eigenvalue weighted by Gasteiger charge is 2.09. The summed E-state index contributed by atoms with van der Waals surface area (Å²) in [5.74, 6) is 1.09. The van der Waals surface area contributed by atoms with Crippen LogP contribution in [0.3, 0.4) is 0 Å². The van der Waals surface area contributed by atoms with Gasteiger partial charge in [0.2, 0.25) is 5.88 Å². The molecule has 150 valence electrons. The Labute approximate surface area is 164 Å². The number of aromatic nitrogens is 1. The first-order valence-corrected chi connectivity index (χ1v) is 9.41. The molecule has 2 aromatic rings. The van der Waals surface area contributed by atoms with Crippen LogP contribution in [0.25, 0.3) is 0 Å². The summed E-state index contributed by atoms with van der Waals surface area (Å²) in [5.41, 5.74) is 6.84. The summed E-state index contributed by atoms with van der Waals surface area (Å²) in [6, 6.07) is 9.42. The zero-order valence-electron chi connectivity index (χ0n) is 15.8. The monoisotopic (exact) mass is 387 g/mol. The predicted octanol–water partition coefficient (Wildman–Crippen LogP) is 2.14. The number of nitrogens with zero attached hydrogens (tertiary/aromatic N) is 3. The number of rotatable bonds is 8. The van der Waals surface area contributed by atoms with Crippen LogP contribution in [0.5, 0.6) is 11.6 Å². The molecule has 2 heterocycles. The summed E-state index contributed by atoms with van der Waals surface area (Å²) in [5, 5.41) is 3.14. The van der Waals surface area contributed by atoms with Crippen LogP contribution in [0.15, 0.2) is 47.6 Å². The van der Waals surface area contributed by atoms with E-state index in [1.807, 2.05) is 6.07 Å². The van der Waals surface area contributed by atoms with E-state index >= 15 is 0 Å². The van der Waals surface area contributed by atoms with Crippen molar-refractivity contribution in [2.24, 2.45) is 10.7 Å². The summed E-state index contributed by atoms with van der Waals surface area (Å²) < 4.78 is 23.8. The van der Waals surface area contributed by atoms with Crippen LogP contribution in [0.2, 0.25) is 0 Å². The summed E-state index contributed by atoms with van der Waals surface area (Å²) in [6.07, 6.45) is 2.70. The van der Waals surface area contributed by atoms with Crippen molar-refractivity contribution in [2.75, 3.05) is 39.4 Å². The molecule has 0 radical (unpaired) electrons. The molecule has 7 nitrogen and oxygen atoms in total. The van der Waals surface area contributed by atoms with Crippen molar-refractivity contribution in [1.29, 1.82) is 0 Å². The van der Waals surface area contributed by atoms with Gasteiger partial charge in [0.25, 0.3) is 0 Å². The van der Waals surface area contributed by atoms with Crippen LogP contribution in [0.1, 0.15) is 12.0 Å². The van der Waals surface area contributed by atoms with Crippen LogP contribution >= 0.6 is 0 Å². The SMILES string of the molecule is NC(=NCc1ccc(Oc2ccc(F)cc2)nc1)NCCCN1CCOCC1. The van der Waals surface area contributed by atoms with Crippen molar-refractivity contribution in [3.8, 4) is 11.6 Å². The second-order valence-corrected chi connectivity index (χ2v) is 6.50. The van der Waals surface area contributed by atoms with Gasteiger partial charge < -0.3 is 20.5 Å². The average molecular weight is 387 g/mol. The zero-order valence-corrected chi connectivity index (χ0v) is 15.8. The van der Waals surface area contributed by atoms with E-state index in [1.165, 1.54) is 12.1 Å². The highest BCUT2D eigenvalue weighted by atomic mass is 19.1. The number of nitrogens with two attached hydrogens (primary N) is 1. The molecule has 3 rings (SSSR count). The van der Waals surface area contributed by atoms with Gasteiger partial charge in [-0.05, 0) is 42.8 Å². The Morgan fingerprint density at radius 2 is 2.00 bits per heavy atom. The number of pyridine rings is 1. The molecular weight excluding hydrogens is 361 g/mol. The summed E-state index contributed by atoms with van der Waals surface area (Å²) >= 11 is 0. The minimum Gasteiger partial charge on any atom is -0.439 e. The smallest absolute Gasteiger partial charge is 0.219 e. The molecule has 1 aromatic carbocycles. The molecule has 0 amide bonds. The van der Waals surface area contributed by atoms with E-state index in [-0.39, 0.29) is 5.82 Å². The Balaban J connectivity index is 1.37. The molecule has 3 N–H and O–H groups in total. The molecule has 1 aromatic heterocycles. The van der Waals surface area contributed by atoms with Gasteiger partial charge in [-0.1, -0.05) is 6.07 Å². The molecule has 1 aliphatic rings. The maximum Gasteiger partial charge on any atom is 0.219 e. The van der Waals surface area contributed by atoms with E-state index in [9.17, 15) is 4.39 Å². The molecule has 0 saturated carbocycles. The lowest BCUT2D eigenvalue weighted by molar-refractivity contribution is 0.0376. The fourth-order valence-corrected chi connectivity index (χ4v) is 2.76. The van der Waals surface area contributed by atoms with Crippen LogP contribution < -0.4 is 15.8 Å². The molecule has 28 heavy (non-hydrogen) atoms. The lowest BCUT2D eigenvalue weighted by Gasteiger charge is -2.26. The molecule has 1 aliphatic heterocycles. The number of benzene rings is 1. The summed E-state index contributed by atoms with van der Waals surface area (Å²) in [4.78, 5) is 11.0. The first kappa shape index (κ1) is 20.0. The molecular formula is C20H26FN5O2. The molecule has 8 heteroatoms. The standard InChI is InChI=1S/C20H26FN5O2/c21-17-3-5-18(6-4-17)28-19-7-2-16(14-24-19)15-25-20(22)23-8-1-9-26-10-12-27-13-11-26/h2-7,14H,1,8-13,15H2,(H3,22,23,25). The third-order valence-electron chi connectivity index (χ3n) is 4.33. The Hall–Kier alpha value is -2.71. The summed E-state index contributed by atoms with van der Waals surface area (Å²) in [7, 11) is 0. The quantitative estimate of drug-likeness (QED) is 0.410. The number of halogens is 1. The molecule has 0 atom stereocenters. The van der Waals surface area contributed by atoms with E-state index in [2.05, 4.69) is 20.2 Å². The predicted molar refractivity (Wildman–Crippen MR) is 106 cm³/mol. The maximum absolute atomic E-state index is 12.9. The topological polar surface area (TPSA) is 85.0 Å². The zero-order chi connectivity index (χ0) is 19.6. The first-order valence-electron chi connectivity index (χ1n) is 9.41. The van der Waals surface area contributed by atoms with E-state index < -0.39 is 0 Å². The third kappa shape index (κ3) is 6.79. The van der Waals surface area contributed by atoms with Crippen LogP contribution in [0, 0.1) is 5.82 Å². The minimum absolute atomic E-state index is 0.305. The van der Waals surface area contributed by atoms with Crippen molar-refractivity contribution in [2.45, 2.75) is 13.0 Å². The van der Waals surface area contributed by atoms with Crippen LogP contribution in [0.4, 0.5) is 4.39 Å². The van der Waals surface area contributed by atoms with Gasteiger partial charge in [-0.2, -0.15) is 0 Å². The molecule has 1 fully saturated rings. The van der Waals surface area contributed by atoms with Crippen molar-refractivity contribution >= 4 is 5.96 Å². The van der Waals surface area contributed by atoms with Gasteiger partial charge in [-0.3, -0.25) is 4.90 Å². The maximum atomic E-state index is 12.9. The second-order valence-electron chi connectivity index (χ2n) is 6.50. The van der Waals surface area contributed by atoms with E-state index in [1.54, 1.807) is 24.4 Å². The third-order valence-corrected chi connectivity index (χ3v) is 4.33. The largest absolute Gasteiger partial charge is 0.439 e. The number of hydrogen-bond acceptors (Lipinski definition) is 5. The normalized spacial score (nSPS) is 15.4. The van der Waals surface area contributed by atoms with Crippen molar-refractivity contribution in [3.05, 3.63) is 54.0 Å². The van der Waals surface area contributed by atoms with Gasteiger partial charge in [0.1, 0.15) is 11.6 Å². The van der Waals surface area contributed by atoms with Gasteiger partial charge >= 0.3 is 0 Å². The fraction of sp³-hybridized carbons (Fsp3) is 0.400. The number of ether oxygens (including phenoxy) is 2. The minimum atomic E-state index is -0.305. The second kappa shape index (κ2) is 10.6. The van der Waals surface area contributed by atoms with E-state index in [0.29, 0.717) is 24.1 Å². The van der Waals surface area contributed by atoms with Crippen molar-refractivity contribution in [3.63, 3.8) is 0 Å². The lowest BCUT2D eigenvalue weighted by Crippen LogP contribution is -2.39. The fourth-order valence-electron chi connectivity index (χ4n) is 2.76. The Morgan fingerprint density at radius 1 is 1.21 bits per heavy atom. The van der Waals surface area contributed by atoms with Crippen LogP contribution in [-0.4, -0.2) is 55.2 Å². The number of guanidine groups is 1. The van der Waals surface area contributed by atoms with Gasteiger partial charge in [0.05, 0.1) is 19.8 Å². The van der Waals surface area contributed by atoms with Gasteiger partial charge in [-0.15, -0.1) is 0 Å². The first-order chi connectivity index (χ1) is 13.7.